The van der Waals surface area contributed by atoms with E-state index in [2.05, 4.69) is 10.2 Å². The summed E-state index contributed by atoms with van der Waals surface area (Å²) < 4.78 is 0. The Bertz CT molecular complexity index is 350. The average Bonchev–Trinajstić information content (AvgIpc) is 2.82. The summed E-state index contributed by atoms with van der Waals surface area (Å²) in [6.07, 6.45) is 2.87. The molecule has 88 valence electrons. The molecule has 2 heterocycles. The van der Waals surface area contributed by atoms with Gasteiger partial charge < -0.3 is 10.0 Å². The molecule has 2 rings (SSSR count). The number of piperidine rings is 1. The van der Waals surface area contributed by atoms with Crippen LogP contribution in [0.3, 0.4) is 0 Å². The Labute approximate surface area is 94.5 Å². The first-order chi connectivity index (χ1) is 7.72. The molecule has 1 saturated heterocycles. The number of H-pyrrole nitrogens is 1. The van der Waals surface area contributed by atoms with Gasteiger partial charge in [-0.1, -0.05) is 6.92 Å². The molecule has 1 fully saturated rings. The van der Waals surface area contributed by atoms with Gasteiger partial charge in [-0.3, -0.25) is 9.89 Å². The highest BCUT2D eigenvalue weighted by atomic mass is 16.3. The number of hydrogen-bond acceptors (Lipinski definition) is 3. The van der Waals surface area contributed by atoms with E-state index < -0.39 is 0 Å². The van der Waals surface area contributed by atoms with Crippen LogP contribution in [0.5, 0.6) is 0 Å². The second-order valence-electron chi connectivity index (χ2n) is 4.25. The minimum atomic E-state index is -0.268. The van der Waals surface area contributed by atoms with Crippen molar-refractivity contribution in [1.29, 1.82) is 0 Å². The van der Waals surface area contributed by atoms with Gasteiger partial charge in [-0.25, -0.2) is 0 Å². The van der Waals surface area contributed by atoms with Crippen molar-refractivity contribution in [3.05, 3.63) is 18.0 Å². The highest BCUT2D eigenvalue weighted by Crippen LogP contribution is 2.21. The van der Waals surface area contributed by atoms with Gasteiger partial charge in [0.1, 0.15) is 5.69 Å². The fourth-order valence-electron chi connectivity index (χ4n) is 2.15. The van der Waals surface area contributed by atoms with Crippen molar-refractivity contribution in [3.8, 4) is 0 Å². The number of carbonyl (C=O) groups excluding carboxylic acids is 1. The summed E-state index contributed by atoms with van der Waals surface area (Å²) in [5.74, 6) is 0.170. The first-order valence-electron chi connectivity index (χ1n) is 5.69. The number of rotatable bonds is 2. The van der Waals surface area contributed by atoms with Gasteiger partial charge in [0.25, 0.3) is 5.91 Å². The van der Waals surface area contributed by atoms with Gasteiger partial charge in [0.15, 0.2) is 0 Å². The van der Waals surface area contributed by atoms with Gasteiger partial charge in [-0.15, -0.1) is 0 Å². The summed E-state index contributed by atoms with van der Waals surface area (Å²) in [5.41, 5.74) is 0.520. The quantitative estimate of drug-likeness (QED) is 0.773. The number of aromatic amines is 1. The molecule has 1 aromatic rings. The van der Waals surface area contributed by atoms with E-state index in [9.17, 15) is 9.90 Å². The zero-order valence-corrected chi connectivity index (χ0v) is 9.39. The highest BCUT2D eigenvalue weighted by Gasteiger charge is 2.29. The van der Waals surface area contributed by atoms with Crippen molar-refractivity contribution in [3.63, 3.8) is 0 Å². The monoisotopic (exact) mass is 223 g/mol. The topological polar surface area (TPSA) is 69.2 Å². The lowest BCUT2D eigenvalue weighted by atomic mass is 9.92. The number of carbonyl (C=O) groups is 1. The lowest BCUT2D eigenvalue weighted by Crippen LogP contribution is -2.45. The molecule has 0 aliphatic carbocycles. The molecule has 2 atom stereocenters. The molecule has 0 bridgehead atoms. The molecule has 1 amide bonds. The number of amides is 1. The van der Waals surface area contributed by atoms with Crippen LogP contribution in [0.4, 0.5) is 0 Å². The minimum absolute atomic E-state index is 0.0251. The third kappa shape index (κ3) is 2.09. The summed E-state index contributed by atoms with van der Waals surface area (Å²) in [4.78, 5) is 13.8. The lowest BCUT2D eigenvalue weighted by Gasteiger charge is -2.35. The van der Waals surface area contributed by atoms with Crippen LogP contribution in [0.25, 0.3) is 0 Å². The lowest BCUT2D eigenvalue weighted by molar-refractivity contribution is 0.0226. The smallest absolute Gasteiger partial charge is 0.271 e. The first kappa shape index (κ1) is 11.1. The molecule has 0 radical (unpaired) electrons. The van der Waals surface area contributed by atoms with Crippen molar-refractivity contribution in [2.24, 2.45) is 5.92 Å². The average molecular weight is 223 g/mol. The zero-order valence-electron chi connectivity index (χ0n) is 9.39. The SMILES string of the molecule is CCC1CN(C(=O)c2ccn[nH]2)CCC1O. The van der Waals surface area contributed by atoms with Crippen molar-refractivity contribution >= 4 is 5.91 Å². The second-order valence-corrected chi connectivity index (χ2v) is 4.25. The third-order valence-corrected chi connectivity index (χ3v) is 3.24. The molecule has 1 aliphatic rings. The Morgan fingerprint density at radius 3 is 3.19 bits per heavy atom. The summed E-state index contributed by atoms with van der Waals surface area (Å²) in [6.45, 7) is 3.29. The standard InChI is InChI=1S/C11H17N3O2/c1-2-8-7-14(6-4-10(8)15)11(16)9-3-5-12-13-9/h3,5,8,10,15H,2,4,6-7H2,1H3,(H,12,13). The van der Waals surface area contributed by atoms with E-state index in [0.717, 1.165) is 6.42 Å². The minimum Gasteiger partial charge on any atom is -0.393 e. The molecule has 0 aromatic carbocycles. The molecule has 5 nitrogen and oxygen atoms in total. The molecule has 1 aromatic heterocycles. The molecule has 5 heteroatoms. The van der Waals surface area contributed by atoms with E-state index in [1.54, 1.807) is 17.2 Å². The van der Waals surface area contributed by atoms with Gasteiger partial charge in [-0.2, -0.15) is 5.10 Å². The second kappa shape index (κ2) is 4.65. The number of nitrogens with zero attached hydrogens (tertiary/aromatic N) is 2. The van der Waals surface area contributed by atoms with Gasteiger partial charge >= 0.3 is 0 Å². The molecular formula is C11H17N3O2. The van der Waals surface area contributed by atoms with Crippen molar-refractivity contribution in [1.82, 2.24) is 15.1 Å². The Balaban J connectivity index is 2.03. The van der Waals surface area contributed by atoms with E-state index in [-0.39, 0.29) is 17.9 Å². The zero-order chi connectivity index (χ0) is 11.5. The number of hydrogen-bond donors (Lipinski definition) is 2. The molecule has 0 saturated carbocycles. The van der Waals surface area contributed by atoms with Gasteiger partial charge in [0, 0.05) is 25.2 Å². The largest absolute Gasteiger partial charge is 0.393 e. The van der Waals surface area contributed by atoms with E-state index in [4.69, 9.17) is 0 Å². The van der Waals surface area contributed by atoms with E-state index in [1.165, 1.54) is 0 Å². The number of aliphatic hydroxyl groups excluding tert-OH is 1. The predicted molar refractivity (Wildman–Crippen MR) is 58.9 cm³/mol. The van der Waals surface area contributed by atoms with Crippen LogP contribution in [-0.4, -0.2) is 45.3 Å². The van der Waals surface area contributed by atoms with Crippen LogP contribution < -0.4 is 0 Å². The fourth-order valence-corrected chi connectivity index (χ4v) is 2.15. The van der Waals surface area contributed by atoms with E-state index in [0.29, 0.717) is 25.2 Å². The molecule has 2 N–H and O–H groups in total. The Hall–Kier alpha value is -1.36. The van der Waals surface area contributed by atoms with E-state index >= 15 is 0 Å². The maximum absolute atomic E-state index is 12.0. The van der Waals surface area contributed by atoms with Gasteiger partial charge in [0.2, 0.25) is 0 Å². The Morgan fingerprint density at radius 2 is 2.56 bits per heavy atom. The summed E-state index contributed by atoms with van der Waals surface area (Å²) in [7, 11) is 0. The summed E-state index contributed by atoms with van der Waals surface area (Å²) in [5, 5.41) is 16.2. The van der Waals surface area contributed by atoms with Crippen LogP contribution in [0.2, 0.25) is 0 Å². The van der Waals surface area contributed by atoms with Crippen molar-refractivity contribution < 1.29 is 9.90 Å². The van der Waals surface area contributed by atoms with Crippen LogP contribution in [-0.2, 0) is 0 Å². The third-order valence-electron chi connectivity index (χ3n) is 3.24. The van der Waals surface area contributed by atoms with Crippen molar-refractivity contribution in [2.45, 2.75) is 25.9 Å². The fraction of sp³-hybridized carbons (Fsp3) is 0.636. The number of aromatic nitrogens is 2. The van der Waals surface area contributed by atoms with Crippen LogP contribution in [0, 0.1) is 5.92 Å². The molecule has 16 heavy (non-hydrogen) atoms. The Kier molecular flexibility index (Phi) is 3.24. The van der Waals surface area contributed by atoms with Crippen LogP contribution in [0.1, 0.15) is 30.3 Å². The number of nitrogens with one attached hydrogen (secondary N) is 1. The molecule has 0 spiro atoms. The molecule has 1 aliphatic heterocycles. The first-order valence-corrected chi connectivity index (χ1v) is 5.69. The number of likely N-dealkylation sites (tertiary alicyclic amines) is 1. The molecular weight excluding hydrogens is 206 g/mol. The summed E-state index contributed by atoms with van der Waals surface area (Å²) >= 11 is 0. The van der Waals surface area contributed by atoms with Gasteiger partial charge in [-0.05, 0) is 18.9 Å². The van der Waals surface area contributed by atoms with Crippen LogP contribution in [0.15, 0.2) is 12.3 Å². The Morgan fingerprint density at radius 1 is 1.75 bits per heavy atom. The molecule has 2 unspecified atom stereocenters. The van der Waals surface area contributed by atoms with Crippen LogP contribution >= 0.6 is 0 Å². The highest BCUT2D eigenvalue weighted by molar-refractivity contribution is 5.92. The maximum Gasteiger partial charge on any atom is 0.271 e. The van der Waals surface area contributed by atoms with Crippen molar-refractivity contribution in [2.75, 3.05) is 13.1 Å². The predicted octanol–water partition coefficient (Wildman–Crippen LogP) is 0.643. The van der Waals surface area contributed by atoms with Gasteiger partial charge in [0.05, 0.1) is 6.10 Å². The van der Waals surface area contributed by atoms with E-state index in [1.807, 2.05) is 6.92 Å². The normalized spacial score (nSPS) is 25.8. The number of aliphatic hydroxyl groups is 1. The summed E-state index contributed by atoms with van der Waals surface area (Å²) in [6, 6.07) is 1.67. The maximum atomic E-state index is 12.0.